The Morgan fingerprint density at radius 1 is 1.37 bits per heavy atom. The van der Waals surface area contributed by atoms with Crippen LogP contribution in [0.3, 0.4) is 0 Å². The quantitative estimate of drug-likeness (QED) is 0.797. The third kappa shape index (κ3) is 4.69. The van der Waals surface area contributed by atoms with E-state index in [0.29, 0.717) is 25.4 Å². The maximum Gasteiger partial charge on any atom is 0.281 e. The van der Waals surface area contributed by atoms with Crippen molar-refractivity contribution in [2.24, 2.45) is 5.92 Å². The van der Waals surface area contributed by atoms with Crippen LogP contribution in [0.5, 0.6) is 0 Å². The van der Waals surface area contributed by atoms with E-state index in [4.69, 9.17) is 0 Å². The third-order valence-electron chi connectivity index (χ3n) is 3.86. The van der Waals surface area contributed by atoms with Crippen molar-refractivity contribution in [3.8, 4) is 0 Å². The number of rotatable bonds is 5. The fraction of sp³-hybridized carbons (Fsp3) is 0.846. The van der Waals surface area contributed by atoms with E-state index in [9.17, 15) is 14.7 Å². The Labute approximate surface area is 118 Å². The largest absolute Gasteiger partial charge is 0.393 e. The van der Waals surface area contributed by atoms with Crippen LogP contribution in [0.2, 0.25) is 0 Å². The van der Waals surface area contributed by atoms with Gasteiger partial charge in [0.05, 0.1) is 6.10 Å². The van der Waals surface area contributed by atoms with Crippen LogP contribution in [-0.4, -0.2) is 52.6 Å². The molecule has 0 aromatic rings. The number of amides is 2. The first kappa shape index (κ1) is 14.7. The van der Waals surface area contributed by atoms with Gasteiger partial charge in [-0.25, -0.2) is 0 Å². The van der Waals surface area contributed by atoms with Crippen LogP contribution in [0.1, 0.15) is 32.1 Å². The molecular weight excluding hydrogens is 264 g/mol. The van der Waals surface area contributed by atoms with Crippen molar-refractivity contribution in [1.82, 2.24) is 10.2 Å². The van der Waals surface area contributed by atoms with Crippen molar-refractivity contribution in [2.45, 2.75) is 38.2 Å². The van der Waals surface area contributed by atoms with Crippen molar-refractivity contribution in [1.29, 1.82) is 0 Å². The van der Waals surface area contributed by atoms with E-state index in [2.05, 4.69) is 5.32 Å². The highest BCUT2D eigenvalue weighted by molar-refractivity contribution is 8.13. The van der Waals surface area contributed by atoms with E-state index >= 15 is 0 Å². The highest BCUT2D eigenvalue weighted by Gasteiger charge is 2.22. The number of hydrogen-bond donors (Lipinski definition) is 2. The Hall–Kier alpha value is -0.750. The number of aliphatic hydroxyl groups is 1. The zero-order valence-electron chi connectivity index (χ0n) is 11.1. The van der Waals surface area contributed by atoms with Crippen molar-refractivity contribution in [3.05, 3.63) is 0 Å². The normalized spacial score (nSPS) is 27.6. The monoisotopic (exact) mass is 286 g/mol. The molecular formula is C13H22N2O3S. The van der Waals surface area contributed by atoms with Crippen LogP contribution < -0.4 is 5.32 Å². The molecule has 1 saturated carbocycles. The second-order valence-electron chi connectivity index (χ2n) is 5.33. The summed E-state index contributed by atoms with van der Waals surface area (Å²) in [7, 11) is 0. The molecule has 0 aromatic heterocycles. The van der Waals surface area contributed by atoms with E-state index in [0.717, 1.165) is 38.0 Å². The number of hydrogen-bond acceptors (Lipinski definition) is 4. The smallest absolute Gasteiger partial charge is 0.281 e. The summed E-state index contributed by atoms with van der Waals surface area (Å²) in [6.07, 6.45) is 3.92. The summed E-state index contributed by atoms with van der Waals surface area (Å²) >= 11 is 1.32. The summed E-state index contributed by atoms with van der Waals surface area (Å²) in [5.74, 6) is 1.36. The maximum atomic E-state index is 11.7. The molecule has 0 radical (unpaired) electrons. The Kier molecular flexibility index (Phi) is 5.51. The predicted molar refractivity (Wildman–Crippen MR) is 75.0 cm³/mol. The molecule has 0 aromatic carbocycles. The lowest BCUT2D eigenvalue weighted by atomic mass is 9.87. The van der Waals surface area contributed by atoms with Crippen molar-refractivity contribution in [3.63, 3.8) is 0 Å². The van der Waals surface area contributed by atoms with E-state index in [-0.39, 0.29) is 17.3 Å². The van der Waals surface area contributed by atoms with E-state index in [1.54, 1.807) is 4.90 Å². The number of carbonyl (C=O) groups is 2. The number of thioether (sulfide) groups is 1. The van der Waals surface area contributed by atoms with Crippen molar-refractivity contribution >= 4 is 22.9 Å². The molecule has 0 spiro atoms. The minimum Gasteiger partial charge on any atom is -0.393 e. The highest BCUT2D eigenvalue weighted by atomic mass is 32.2. The third-order valence-corrected chi connectivity index (χ3v) is 4.75. The summed E-state index contributed by atoms with van der Waals surface area (Å²) in [5, 5.41) is 12.4. The molecule has 2 aliphatic rings. The van der Waals surface area contributed by atoms with Gasteiger partial charge in [-0.05, 0) is 31.6 Å². The average molecular weight is 286 g/mol. The minimum absolute atomic E-state index is 0.0239. The van der Waals surface area contributed by atoms with Crippen LogP contribution in [0, 0.1) is 5.92 Å². The van der Waals surface area contributed by atoms with Gasteiger partial charge < -0.3 is 15.3 Å². The fourth-order valence-electron chi connectivity index (χ4n) is 2.56. The van der Waals surface area contributed by atoms with Crippen LogP contribution >= 0.6 is 11.8 Å². The summed E-state index contributed by atoms with van der Waals surface area (Å²) in [6.45, 7) is 1.99. The summed E-state index contributed by atoms with van der Waals surface area (Å²) in [4.78, 5) is 24.8. The molecule has 108 valence electrons. The Balaban J connectivity index is 1.58. The second-order valence-corrected chi connectivity index (χ2v) is 6.38. The van der Waals surface area contributed by atoms with Gasteiger partial charge in [0.15, 0.2) is 0 Å². The molecule has 2 amide bonds. The van der Waals surface area contributed by atoms with Gasteiger partial charge in [0.1, 0.15) is 0 Å². The second kappa shape index (κ2) is 7.14. The molecule has 1 saturated heterocycles. The van der Waals surface area contributed by atoms with Gasteiger partial charge >= 0.3 is 0 Å². The van der Waals surface area contributed by atoms with Gasteiger partial charge in [-0.1, -0.05) is 11.8 Å². The number of nitrogens with one attached hydrogen (secondary N) is 1. The molecule has 19 heavy (non-hydrogen) atoms. The average Bonchev–Trinajstić information content (AvgIpc) is 2.81. The topological polar surface area (TPSA) is 69.6 Å². The molecule has 5 nitrogen and oxygen atoms in total. The molecule has 0 atom stereocenters. The summed E-state index contributed by atoms with van der Waals surface area (Å²) < 4.78 is 0. The lowest BCUT2D eigenvalue weighted by molar-refractivity contribution is -0.121. The van der Waals surface area contributed by atoms with Gasteiger partial charge in [0.25, 0.3) is 5.24 Å². The number of aliphatic hydroxyl groups excluding tert-OH is 1. The van der Waals surface area contributed by atoms with Crippen LogP contribution in [-0.2, 0) is 4.79 Å². The van der Waals surface area contributed by atoms with Gasteiger partial charge in [-0.3, -0.25) is 9.59 Å². The number of nitrogens with zero attached hydrogens (tertiary/aromatic N) is 1. The standard InChI is InChI=1S/C13H22N2O3S/c16-11-3-1-10(2-4-11)9-14-12(17)5-6-15-7-8-19-13(15)18/h10-11,16H,1-9H2,(H,14,17). The van der Waals surface area contributed by atoms with E-state index in [1.165, 1.54) is 11.8 Å². The van der Waals surface area contributed by atoms with Gasteiger partial charge in [0.2, 0.25) is 5.91 Å². The van der Waals surface area contributed by atoms with Crippen LogP contribution in [0.15, 0.2) is 0 Å². The van der Waals surface area contributed by atoms with Gasteiger partial charge in [-0.15, -0.1) is 0 Å². The van der Waals surface area contributed by atoms with E-state index < -0.39 is 0 Å². The SMILES string of the molecule is O=C(CCN1CCSC1=O)NCC1CCC(O)CC1. The number of carbonyl (C=O) groups excluding carboxylic acids is 2. The van der Waals surface area contributed by atoms with Crippen molar-refractivity contribution < 1.29 is 14.7 Å². The molecule has 2 fully saturated rings. The predicted octanol–water partition coefficient (Wildman–Crippen LogP) is 1.21. The summed E-state index contributed by atoms with van der Waals surface area (Å²) in [5.41, 5.74) is 0. The summed E-state index contributed by atoms with van der Waals surface area (Å²) in [6, 6.07) is 0. The zero-order chi connectivity index (χ0) is 13.7. The highest BCUT2D eigenvalue weighted by Crippen LogP contribution is 2.23. The molecule has 2 rings (SSSR count). The van der Waals surface area contributed by atoms with Crippen LogP contribution in [0.4, 0.5) is 4.79 Å². The molecule has 1 heterocycles. The first-order valence-electron chi connectivity index (χ1n) is 7.01. The lowest BCUT2D eigenvalue weighted by Crippen LogP contribution is -2.34. The Morgan fingerprint density at radius 3 is 2.74 bits per heavy atom. The van der Waals surface area contributed by atoms with Crippen LogP contribution in [0.25, 0.3) is 0 Å². The Morgan fingerprint density at radius 2 is 2.11 bits per heavy atom. The first-order valence-corrected chi connectivity index (χ1v) is 8.00. The van der Waals surface area contributed by atoms with Gasteiger partial charge in [0, 0.05) is 31.8 Å². The van der Waals surface area contributed by atoms with Crippen molar-refractivity contribution in [2.75, 3.05) is 25.4 Å². The molecule has 2 N–H and O–H groups in total. The fourth-order valence-corrected chi connectivity index (χ4v) is 3.41. The zero-order valence-corrected chi connectivity index (χ0v) is 12.0. The molecule has 1 aliphatic heterocycles. The molecule has 6 heteroatoms. The maximum absolute atomic E-state index is 11.7. The molecule has 0 unspecified atom stereocenters. The van der Waals surface area contributed by atoms with Gasteiger partial charge in [-0.2, -0.15) is 0 Å². The molecule has 1 aliphatic carbocycles. The first-order chi connectivity index (χ1) is 9.15. The molecule has 0 bridgehead atoms. The minimum atomic E-state index is -0.148. The Bertz CT molecular complexity index is 330. The van der Waals surface area contributed by atoms with E-state index in [1.807, 2.05) is 0 Å². The lowest BCUT2D eigenvalue weighted by Gasteiger charge is -2.25.